The molecule has 1 aromatic rings. The lowest BCUT2D eigenvalue weighted by molar-refractivity contribution is 0.439. The standard InChI is InChI=1S/C12H19FN2/c1-4-14-7-9(2)10(3)11-5-6-15-8-12(11)13/h5-6,8-10,14H,4,7H2,1-3H3. The molecule has 1 N–H and O–H groups in total. The number of rotatable bonds is 5. The smallest absolute Gasteiger partial charge is 0.144 e. The van der Waals surface area contributed by atoms with Crippen LogP contribution in [-0.4, -0.2) is 18.1 Å². The van der Waals surface area contributed by atoms with Gasteiger partial charge in [-0.3, -0.25) is 4.98 Å². The Bertz CT molecular complexity index is 301. The van der Waals surface area contributed by atoms with Crippen LogP contribution in [0.3, 0.4) is 0 Å². The van der Waals surface area contributed by atoms with Crippen molar-refractivity contribution < 1.29 is 4.39 Å². The lowest BCUT2D eigenvalue weighted by Crippen LogP contribution is -2.24. The average Bonchev–Trinajstić information content (AvgIpc) is 2.25. The third kappa shape index (κ3) is 3.27. The number of halogens is 1. The van der Waals surface area contributed by atoms with E-state index in [1.165, 1.54) is 6.20 Å². The number of pyridine rings is 1. The molecule has 2 nitrogen and oxygen atoms in total. The molecule has 1 aromatic heterocycles. The first kappa shape index (κ1) is 12.1. The lowest BCUT2D eigenvalue weighted by atomic mass is 9.89. The van der Waals surface area contributed by atoms with Gasteiger partial charge >= 0.3 is 0 Å². The number of hydrogen-bond acceptors (Lipinski definition) is 2. The third-order valence-electron chi connectivity index (χ3n) is 2.86. The Morgan fingerprint density at radius 3 is 2.80 bits per heavy atom. The summed E-state index contributed by atoms with van der Waals surface area (Å²) in [5.74, 6) is 0.433. The molecule has 0 amide bonds. The van der Waals surface area contributed by atoms with Gasteiger partial charge in [-0.2, -0.15) is 0 Å². The second-order valence-corrected chi connectivity index (χ2v) is 3.97. The molecule has 0 aliphatic heterocycles. The average molecular weight is 210 g/mol. The summed E-state index contributed by atoms with van der Waals surface area (Å²) in [4.78, 5) is 3.76. The van der Waals surface area contributed by atoms with Crippen molar-refractivity contribution in [3.63, 3.8) is 0 Å². The van der Waals surface area contributed by atoms with Crippen molar-refractivity contribution >= 4 is 0 Å². The molecular weight excluding hydrogens is 191 g/mol. The van der Waals surface area contributed by atoms with E-state index in [2.05, 4.69) is 31.1 Å². The van der Waals surface area contributed by atoms with Gasteiger partial charge in [-0.15, -0.1) is 0 Å². The Labute approximate surface area is 90.9 Å². The van der Waals surface area contributed by atoms with E-state index in [1.807, 2.05) is 0 Å². The van der Waals surface area contributed by atoms with Crippen LogP contribution in [0.1, 0.15) is 32.3 Å². The lowest BCUT2D eigenvalue weighted by Gasteiger charge is -2.20. The maximum atomic E-state index is 13.4. The van der Waals surface area contributed by atoms with E-state index < -0.39 is 0 Å². The molecule has 1 rings (SSSR count). The van der Waals surface area contributed by atoms with Gasteiger partial charge in [-0.05, 0) is 36.6 Å². The molecule has 84 valence electrons. The molecule has 0 fully saturated rings. The summed E-state index contributed by atoms with van der Waals surface area (Å²) >= 11 is 0. The van der Waals surface area contributed by atoms with Gasteiger partial charge in [0.05, 0.1) is 6.20 Å². The minimum Gasteiger partial charge on any atom is -0.317 e. The number of hydrogen-bond donors (Lipinski definition) is 1. The molecule has 0 bridgehead atoms. The van der Waals surface area contributed by atoms with Crippen molar-refractivity contribution in [1.82, 2.24) is 10.3 Å². The van der Waals surface area contributed by atoms with Crippen molar-refractivity contribution in [3.8, 4) is 0 Å². The molecule has 0 spiro atoms. The fourth-order valence-corrected chi connectivity index (χ4v) is 1.61. The maximum Gasteiger partial charge on any atom is 0.144 e. The fourth-order valence-electron chi connectivity index (χ4n) is 1.61. The molecule has 0 aliphatic rings. The summed E-state index contributed by atoms with van der Waals surface area (Å²) in [7, 11) is 0. The van der Waals surface area contributed by atoms with Crippen molar-refractivity contribution in [1.29, 1.82) is 0 Å². The predicted octanol–water partition coefficient (Wildman–Crippen LogP) is 2.57. The van der Waals surface area contributed by atoms with Crippen molar-refractivity contribution in [2.75, 3.05) is 13.1 Å². The van der Waals surface area contributed by atoms with Crippen LogP contribution in [0.2, 0.25) is 0 Å². The van der Waals surface area contributed by atoms with Crippen molar-refractivity contribution in [2.45, 2.75) is 26.7 Å². The summed E-state index contributed by atoms with van der Waals surface area (Å²) in [6.07, 6.45) is 2.93. The van der Waals surface area contributed by atoms with E-state index in [1.54, 1.807) is 12.3 Å². The highest BCUT2D eigenvalue weighted by atomic mass is 19.1. The Hall–Kier alpha value is -0.960. The van der Waals surface area contributed by atoms with Gasteiger partial charge in [-0.25, -0.2) is 4.39 Å². The van der Waals surface area contributed by atoms with Crippen LogP contribution in [0, 0.1) is 11.7 Å². The second-order valence-electron chi connectivity index (χ2n) is 3.97. The van der Waals surface area contributed by atoms with E-state index in [0.29, 0.717) is 5.92 Å². The zero-order valence-electron chi connectivity index (χ0n) is 9.63. The molecule has 0 saturated carbocycles. The minimum atomic E-state index is -0.201. The topological polar surface area (TPSA) is 24.9 Å². The molecule has 0 aliphatic carbocycles. The largest absolute Gasteiger partial charge is 0.317 e. The summed E-state index contributed by atoms with van der Waals surface area (Å²) < 4.78 is 13.4. The molecular formula is C12H19FN2. The molecule has 0 saturated heterocycles. The maximum absolute atomic E-state index is 13.4. The van der Waals surface area contributed by atoms with Gasteiger partial charge in [0, 0.05) is 6.20 Å². The highest BCUT2D eigenvalue weighted by molar-refractivity contribution is 5.18. The van der Waals surface area contributed by atoms with Crippen LogP contribution in [0.5, 0.6) is 0 Å². The summed E-state index contributed by atoms with van der Waals surface area (Å²) in [5, 5.41) is 3.28. The second kappa shape index (κ2) is 5.81. The number of aromatic nitrogens is 1. The van der Waals surface area contributed by atoms with Gasteiger partial charge in [0.2, 0.25) is 0 Å². The van der Waals surface area contributed by atoms with Crippen LogP contribution in [0.25, 0.3) is 0 Å². The number of nitrogens with zero attached hydrogens (tertiary/aromatic N) is 1. The third-order valence-corrected chi connectivity index (χ3v) is 2.86. The van der Waals surface area contributed by atoms with E-state index >= 15 is 0 Å². The fraction of sp³-hybridized carbons (Fsp3) is 0.583. The van der Waals surface area contributed by atoms with Crippen LogP contribution in [0.4, 0.5) is 4.39 Å². The van der Waals surface area contributed by atoms with Gasteiger partial charge < -0.3 is 5.32 Å². The molecule has 0 aromatic carbocycles. The molecule has 3 heteroatoms. The van der Waals surface area contributed by atoms with Gasteiger partial charge in [0.15, 0.2) is 0 Å². The van der Waals surface area contributed by atoms with Crippen LogP contribution in [-0.2, 0) is 0 Å². The molecule has 2 atom stereocenters. The zero-order valence-corrected chi connectivity index (χ0v) is 9.63. The highest BCUT2D eigenvalue weighted by Gasteiger charge is 2.16. The summed E-state index contributed by atoms with van der Waals surface area (Å²) in [5.41, 5.74) is 0.760. The van der Waals surface area contributed by atoms with Crippen LogP contribution in [0.15, 0.2) is 18.5 Å². The highest BCUT2D eigenvalue weighted by Crippen LogP contribution is 2.25. The van der Waals surface area contributed by atoms with Crippen LogP contribution >= 0.6 is 0 Å². The SMILES string of the molecule is CCNCC(C)C(C)c1ccncc1F. The molecule has 15 heavy (non-hydrogen) atoms. The molecule has 0 radical (unpaired) electrons. The number of nitrogens with one attached hydrogen (secondary N) is 1. The minimum absolute atomic E-state index is 0.201. The van der Waals surface area contributed by atoms with Crippen molar-refractivity contribution in [2.24, 2.45) is 5.92 Å². The van der Waals surface area contributed by atoms with Crippen LogP contribution < -0.4 is 5.32 Å². The Kier molecular flexibility index (Phi) is 4.69. The quantitative estimate of drug-likeness (QED) is 0.808. The Morgan fingerprint density at radius 2 is 2.20 bits per heavy atom. The monoisotopic (exact) mass is 210 g/mol. The Morgan fingerprint density at radius 1 is 1.47 bits per heavy atom. The zero-order chi connectivity index (χ0) is 11.3. The van der Waals surface area contributed by atoms with E-state index in [-0.39, 0.29) is 11.7 Å². The van der Waals surface area contributed by atoms with Gasteiger partial charge in [-0.1, -0.05) is 20.8 Å². The summed E-state index contributed by atoms with van der Waals surface area (Å²) in [6, 6.07) is 1.77. The first-order valence-electron chi connectivity index (χ1n) is 5.47. The first-order chi connectivity index (χ1) is 7.16. The molecule has 2 unspecified atom stereocenters. The Balaban J connectivity index is 2.67. The van der Waals surface area contributed by atoms with Crippen molar-refractivity contribution in [3.05, 3.63) is 29.8 Å². The normalized spacial score (nSPS) is 14.9. The first-order valence-corrected chi connectivity index (χ1v) is 5.47. The molecule has 1 heterocycles. The summed E-state index contributed by atoms with van der Waals surface area (Å²) in [6.45, 7) is 8.13. The van der Waals surface area contributed by atoms with E-state index in [9.17, 15) is 4.39 Å². The van der Waals surface area contributed by atoms with Gasteiger partial charge in [0.25, 0.3) is 0 Å². The predicted molar refractivity (Wildman–Crippen MR) is 60.3 cm³/mol. The van der Waals surface area contributed by atoms with Gasteiger partial charge in [0.1, 0.15) is 5.82 Å². The van der Waals surface area contributed by atoms with E-state index in [0.717, 1.165) is 18.7 Å². The van der Waals surface area contributed by atoms with E-state index in [4.69, 9.17) is 0 Å².